The summed E-state index contributed by atoms with van der Waals surface area (Å²) in [4.78, 5) is 11.5. The lowest BCUT2D eigenvalue weighted by Crippen LogP contribution is -2.31. The normalized spacial score (nSPS) is 17.5. The van der Waals surface area contributed by atoms with Gasteiger partial charge in [0.1, 0.15) is 0 Å². The fourth-order valence-electron chi connectivity index (χ4n) is 2.93. The van der Waals surface area contributed by atoms with Crippen LogP contribution >= 0.6 is 0 Å². The van der Waals surface area contributed by atoms with E-state index in [1.165, 1.54) is 11.1 Å². The smallest absolute Gasteiger partial charge is 0.248 e. The van der Waals surface area contributed by atoms with Crippen molar-refractivity contribution in [2.45, 2.75) is 18.9 Å². The Morgan fingerprint density at radius 1 is 1.15 bits per heavy atom. The van der Waals surface area contributed by atoms with Crippen LogP contribution < -0.4 is 11.1 Å². The summed E-state index contributed by atoms with van der Waals surface area (Å²) >= 11 is 0. The van der Waals surface area contributed by atoms with Crippen LogP contribution in [0, 0.1) is 0 Å². The van der Waals surface area contributed by atoms with E-state index in [2.05, 4.69) is 29.6 Å². The monoisotopic (exact) mass is 266 g/mol. The third-order valence-corrected chi connectivity index (χ3v) is 3.92. The number of nitrogens with two attached hydrogens (primary N) is 1. The maximum Gasteiger partial charge on any atom is 0.248 e. The van der Waals surface area contributed by atoms with Gasteiger partial charge in [-0.25, -0.2) is 0 Å². The highest BCUT2D eigenvalue weighted by molar-refractivity contribution is 5.94. The number of hydrogen-bond donors (Lipinski definition) is 2. The van der Waals surface area contributed by atoms with E-state index in [4.69, 9.17) is 5.73 Å². The summed E-state index contributed by atoms with van der Waals surface area (Å²) in [6, 6.07) is 16.3. The number of nitrogens with one attached hydrogen (secondary N) is 1. The molecule has 1 amide bonds. The lowest BCUT2D eigenvalue weighted by molar-refractivity contribution is 0.0999. The molecule has 3 N–H and O–H groups in total. The number of fused-ring (bicyclic) bond motifs is 1. The van der Waals surface area contributed by atoms with Crippen molar-refractivity contribution < 1.29 is 4.79 Å². The molecule has 0 saturated heterocycles. The topological polar surface area (TPSA) is 55.1 Å². The van der Waals surface area contributed by atoms with Crippen molar-refractivity contribution in [1.82, 2.24) is 5.32 Å². The van der Waals surface area contributed by atoms with Crippen LogP contribution in [0.15, 0.2) is 48.5 Å². The molecule has 2 aromatic rings. The highest BCUT2D eigenvalue weighted by atomic mass is 16.1. The molecule has 1 heterocycles. The van der Waals surface area contributed by atoms with Gasteiger partial charge in [0, 0.05) is 11.6 Å². The Bertz CT molecular complexity index is 636. The van der Waals surface area contributed by atoms with Crippen LogP contribution in [-0.4, -0.2) is 12.5 Å². The van der Waals surface area contributed by atoms with Crippen LogP contribution in [0.25, 0.3) is 0 Å². The second kappa shape index (κ2) is 5.47. The number of benzene rings is 2. The number of hydrogen-bond acceptors (Lipinski definition) is 2. The molecule has 0 aliphatic carbocycles. The van der Waals surface area contributed by atoms with Crippen molar-refractivity contribution in [3.05, 3.63) is 70.8 Å². The van der Waals surface area contributed by atoms with E-state index >= 15 is 0 Å². The molecular formula is C17H18N2O. The van der Waals surface area contributed by atoms with Crippen LogP contribution in [0.1, 0.15) is 33.1 Å². The zero-order valence-corrected chi connectivity index (χ0v) is 11.3. The highest BCUT2D eigenvalue weighted by Gasteiger charge is 2.20. The first-order valence-corrected chi connectivity index (χ1v) is 6.94. The Balaban J connectivity index is 1.92. The van der Waals surface area contributed by atoms with Crippen molar-refractivity contribution in [2.24, 2.45) is 5.73 Å². The SMILES string of the molecule is NC(=O)c1ccccc1CC1NCCc2ccccc21. The maximum atomic E-state index is 11.5. The molecule has 0 spiro atoms. The lowest BCUT2D eigenvalue weighted by atomic mass is 9.89. The molecule has 0 saturated carbocycles. The van der Waals surface area contributed by atoms with Crippen molar-refractivity contribution in [3.8, 4) is 0 Å². The third kappa shape index (κ3) is 2.45. The first-order valence-electron chi connectivity index (χ1n) is 6.94. The molecule has 0 bridgehead atoms. The summed E-state index contributed by atoms with van der Waals surface area (Å²) in [5.74, 6) is -0.357. The number of amides is 1. The van der Waals surface area contributed by atoms with Gasteiger partial charge in [0.05, 0.1) is 0 Å². The van der Waals surface area contributed by atoms with Gasteiger partial charge in [0.2, 0.25) is 5.91 Å². The van der Waals surface area contributed by atoms with E-state index in [1.54, 1.807) is 6.07 Å². The van der Waals surface area contributed by atoms with Gasteiger partial charge in [-0.1, -0.05) is 42.5 Å². The van der Waals surface area contributed by atoms with Crippen LogP contribution in [0.3, 0.4) is 0 Å². The van der Waals surface area contributed by atoms with Gasteiger partial charge in [0.25, 0.3) is 0 Å². The molecule has 3 rings (SSSR count). The van der Waals surface area contributed by atoms with Crippen LogP contribution in [-0.2, 0) is 12.8 Å². The number of carbonyl (C=O) groups is 1. The third-order valence-electron chi connectivity index (χ3n) is 3.92. The summed E-state index contributed by atoms with van der Waals surface area (Å²) in [6.07, 6.45) is 1.85. The zero-order chi connectivity index (χ0) is 13.9. The molecule has 102 valence electrons. The second-order valence-corrected chi connectivity index (χ2v) is 5.18. The van der Waals surface area contributed by atoms with E-state index in [0.29, 0.717) is 5.56 Å². The van der Waals surface area contributed by atoms with Gasteiger partial charge in [-0.3, -0.25) is 4.79 Å². The Kier molecular flexibility index (Phi) is 3.52. The molecule has 1 aliphatic rings. The largest absolute Gasteiger partial charge is 0.366 e. The minimum absolute atomic E-state index is 0.250. The van der Waals surface area contributed by atoms with E-state index in [9.17, 15) is 4.79 Å². The number of primary amides is 1. The fraction of sp³-hybridized carbons (Fsp3) is 0.235. The van der Waals surface area contributed by atoms with Gasteiger partial charge in [-0.2, -0.15) is 0 Å². The Morgan fingerprint density at radius 3 is 2.75 bits per heavy atom. The number of rotatable bonds is 3. The van der Waals surface area contributed by atoms with Crippen LogP contribution in [0.2, 0.25) is 0 Å². The Labute approximate surface area is 118 Å². The molecule has 0 fully saturated rings. The Morgan fingerprint density at radius 2 is 1.90 bits per heavy atom. The minimum Gasteiger partial charge on any atom is -0.366 e. The summed E-state index contributed by atoms with van der Waals surface area (Å²) in [7, 11) is 0. The van der Waals surface area contributed by atoms with Crippen LogP contribution in [0.5, 0.6) is 0 Å². The van der Waals surface area contributed by atoms with Gasteiger partial charge < -0.3 is 11.1 Å². The molecule has 1 unspecified atom stereocenters. The van der Waals surface area contributed by atoms with E-state index < -0.39 is 0 Å². The molecule has 0 aromatic heterocycles. The van der Waals surface area contributed by atoms with Gasteiger partial charge >= 0.3 is 0 Å². The quantitative estimate of drug-likeness (QED) is 0.895. The van der Waals surface area contributed by atoms with Gasteiger partial charge in [0.15, 0.2) is 0 Å². The average Bonchev–Trinajstić information content (AvgIpc) is 2.48. The predicted molar refractivity (Wildman–Crippen MR) is 79.6 cm³/mol. The summed E-state index contributed by atoms with van der Waals surface area (Å²) in [6.45, 7) is 0.973. The molecule has 0 radical (unpaired) electrons. The summed E-state index contributed by atoms with van der Waals surface area (Å²) in [5, 5.41) is 3.54. The standard InChI is InChI=1S/C17H18N2O/c18-17(20)15-8-4-2-6-13(15)11-16-14-7-3-1-5-12(14)9-10-19-16/h1-8,16,19H,9-11H2,(H2,18,20). The molecule has 2 aromatic carbocycles. The van der Waals surface area contributed by atoms with Crippen molar-refractivity contribution in [3.63, 3.8) is 0 Å². The van der Waals surface area contributed by atoms with E-state index in [-0.39, 0.29) is 11.9 Å². The number of carbonyl (C=O) groups excluding carboxylic acids is 1. The first kappa shape index (κ1) is 12.9. The molecular weight excluding hydrogens is 248 g/mol. The van der Waals surface area contributed by atoms with E-state index in [1.807, 2.05) is 18.2 Å². The minimum atomic E-state index is -0.357. The zero-order valence-electron chi connectivity index (χ0n) is 11.3. The van der Waals surface area contributed by atoms with E-state index in [0.717, 1.165) is 24.9 Å². The Hall–Kier alpha value is -2.13. The fourth-order valence-corrected chi connectivity index (χ4v) is 2.93. The molecule has 1 atom stereocenters. The predicted octanol–water partition coefficient (Wildman–Crippen LogP) is 2.21. The van der Waals surface area contributed by atoms with Gasteiger partial charge in [-0.05, 0) is 42.1 Å². The molecule has 3 nitrogen and oxygen atoms in total. The molecule has 20 heavy (non-hydrogen) atoms. The van der Waals surface area contributed by atoms with Crippen molar-refractivity contribution >= 4 is 5.91 Å². The molecule has 3 heteroatoms. The molecule has 1 aliphatic heterocycles. The maximum absolute atomic E-state index is 11.5. The summed E-state index contributed by atoms with van der Waals surface area (Å²) in [5.41, 5.74) is 9.81. The van der Waals surface area contributed by atoms with Crippen LogP contribution in [0.4, 0.5) is 0 Å². The second-order valence-electron chi connectivity index (χ2n) is 5.18. The van der Waals surface area contributed by atoms with Crippen molar-refractivity contribution in [1.29, 1.82) is 0 Å². The van der Waals surface area contributed by atoms with Crippen molar-refractivity contribution in [2.75, 3.05) is 6.54 Å². The average molecular weight is 266 g/mol. The summed E-state index contributed by atoms with van der Waals surface area (Å²) < 4.78 is 0. The first-order chi connectivity index (χ1) is 9.75. The van der Waals surface area contributed by atoms with Gasteiger partial charge in [-0.15, -0.1) is 0 Å². The lowest BCUT2D eigenvalue weighted by Gasteiger charge is -2.27. The highest BCUT2D eigenvalue weighted by Crippen LogP contribution is 2.26.